The van der Waals surface area contributed by atoms with Crippen LogP contribution in [0.15, 0.2) is 85.1 Å². The van der Waals surface area contributed by atoms with E-state index in [1.54, 1.807) is 0 Å². The summed E-state index contributed by atoms with van der Waals surface area (Å²) in [5.74, 6) is -0.999. The first kappa shape index (κ1) is 50.2. The van der Waals surface area contributed by atoms with Crippen LogP contribution in [0.5, 0.6) is 0 Å². The van der Waals surface area contributed by atoms with Gasteiger partial charge in [0.1, 0.15) is 6.61 Å². The van der Waals surface area contributed by atoms with Gasteiger partial charge in [-0.15, -0.1) is 0 Å². The van der Waals surface area contributed by atoms with Crippen molar-refractivity contribution < 1.29 is 37.9 Å². The molecule has 0 radical (unpaired) electrons. The molecule has 9 heteroatoms. The maximum Gasteiger partial charge on any atom is 0.469 e. The number of hydrogen-bond acceptors (Lipinski definition) is 6. The van der Waals surface area contributed by atoms with Crippen LogP contribution in [0.3, 0.4) is 0 Å². The second-order valence-electron chi connectivity index (χ2n) is 13.2. The van der Waals surface area contributed by atoms with Crippen molar-refractivity contribution in [2.75, 3.05) is 13.2 Å². The predicted molar refractivity (Wildman–Crippen MR) is 220 cm³/mol. The molecule has 0 aromatic rings. The third-order valence-corrected chi connectivity index (χ3v) is 8.65. The van der Waals surface area contributed by atoms with Crippen LogP contribution in [0.2, 0.25) is 0 Å². The third-order valence-electron chi connectivity index (χ3n) is 8.16. The highest BCUT2D eigenvalue weighted by Gasteiger charge is 2.22. The number of ether oxygens (including phenoxy) is 2. The van der Waals surface area contributed by atoms with Gasteiger partial charge in [0.25, 0.3) is 0 Å². The van der Waals surface area contributed by atoms with Gasteiger partial charge in [-0.2, -0.15) is 0 Å². The zero-order valence-corrected chi connectivity index (χ0v) is 34.0. The van der Waals surface area contributed by atoms with Gasteiger partial charge in [-0.05, 0) is 77.0 Å². The number of carbonyl (C=O) groups is 2. The molecule has 302 valence electrons. The quantitative estimate of drug-likeness (QED) is 0.0280. The summed E-state index contributed by atoms with van der Waals surface area (Å²) in [5.41, 5.74) is 0. The van der Waals surface area contributed by atoms with Crippen molar-refractivity contribution in [2.45, 2.75) is 168 Å². The van der Waals surface area contributed by atoms with Crippen molar-refractivity contribution in [2.24, 2.45) is 0 Å². The standard InChI is InChI=1S/C44H73O8P/c1-3-5-7-9-11-13-15-17-19-21-22-23-25-27-29-31-33-35-37-39-44(46)52-42(41-51-53(47,48)49)40-50-43(45)38-36-34-32-30-28-26-24-20-18-16-14-12-10-8-6-4-2/h5,7,11,13,17,19-20,22-24,27,29,33,35,42H,3-4,6,8-10,12,14-16,18,21,25-26,28,30-32,34,36-41H2,1-2H3,(H2,47,48,49)/b7-5-,13-11-,19-17-,23-22-,24-20-,29-27-,35-33-. The lowest BCUT2D eigenvalue weighted by molar-refractivity contribution is -0.161. The molecule has 0 aromatic heterocycles. The van der Waals surface area contributed by atoms with Gasteiger partial charge in [0, 0.05) is 12.8 Å². The van der Waals surface area contributed by atoms with Gasteiger partial charge in [0.15, 0.2) is 6.10 Å². The fourth-order valence-corrected chi connectivity index (χ4v) is 5.52. The lowest BCUT2D eigenvalue weighted by atomic mass is 10.1. The Morgan fingerprint density at radius 2 is 0.943 bits per heavy atom. The van der Waals surface area contributed by atoms with E-state index in [4.69, 9.17) is 19.3 Å². The molecule has 0 bridgehead atoms. The summed E-state index contributed by atoms with van der Waals surface area (Å²) >= 11 is 0. The smallest absolute Gasteiger partial charge is 0.462 e. The Balaban J connectivity index is 4.10. The largest absolute Gasteiger partial charge is 0.469 e. The van der Waals surface area contributed by atoms with Crippen LogP contribution in [0.1, 0.15) is 162 Å². The molecule has 0 aliphatic heterocycles. The average molecular weight is 761 g/mol. The van der Waals surface area contributed by atoms with Gasteiger partial charge < -0.3 is 19.3 Å². The molecule has 2 N–H and O–H groups in total. The van der Waals surface area contributed by atoms with E-state index in [1.165, 1.54) is 51.4 Å². The van der Waals surface area contributed by atoms with E-state index >= 15 is 0 Å². The number of esters is 2. The number of phosphoric acid groups is 1. The molecule has 0 amide bonds. The summed E-state index contributed by atoms with van der Waals surface area (Å²) in [4.78, 5) is 42.8. The molecule has 0 rings (SSSR count). The summed E-state index contributed by atoms with van der Waals surface area (Å²) in [7, 11) is -4.78. The van der Waals surface area contributed by atoms with Crippen LogP contribution >= 0.6 is 7.82 Å². The number of hydrogen-bond donors (Lipinski definition) is 2. The molecule has 53 heavy (non-hydrogen) atoms. The van der Waals surface area contributed by atoms with Gasteiger partial charge in [-0.1, -0.05) is 157 Å². The van der Waals surface area contributed by atoms with E-state index in [-0.39, 0.29) is 19.4 Å². The molecule has 1 unspecified atom stereocenters. The second-order valence-corrected chi connectivity index (χ2v) is 14.5. The van der Waals surface area contributed by atoms with Crippen molar-refractivity contribution >= 4 is 19.8 Å². The number of carbonyl (C=O) groups excluding carboxylic acids is 2. The lowest BCUT2D eigenvalue weighted by Gasteiger charge is -2.18. The van der Waals surface area contributed by atoms with Gasteiger partial charge in [0.05, 0.1) is 6.61 Å². The first-order valence-corrected chi connectivity index (χ1v) is 21.9. The van der Waals surface area contributed by atoms with Crippen LogP contribution in [-0.2, 0) is 28.2 Å². The number of phosphoric ester groups is 1. The minimum atomic E-state index is -4.78. The fraction of sp³-hybridized carbons (Fsp3) is 0.636. The molecule has 1 atom stereocenters. The summed E-state index contributed by atoms with van der Waals surface area (Å²) in [6.07, 6.45) is 51.7. The molecule has 8 nitrogen and oxygen atoms in total. The van der Waals surface area contributed by atoms with Crippen LogP contribution < -0.4 is 0 Å². The molecule has 0 heterocycles. The number of allylic oxidation sites excluding steroid dienone is 14. The SMILES string of the molecule is CC/C=C\C/C=C\C/C=C\C/C=C\C/C=C\C/C=C\CCC(=O)OC(COC(=O)CCCCCCC/C=C\CCCCCCCCC)COP(=O)(O)O. The number of unbranched alkanes of at least 4 members (excludes halogenated alkanes) is 12. The van der Waals surface area contributed by atoms with Gasteiger partial charge in [-0.3, -0.25) is 14.1 Å². The summed E-state index contributed by atoms with van der Waals surface area (Å²) in [6, 6.07) is 0. The Morgan fingerprint density at radius 3 is 1.43 bits per heavy atom. The van der Waals surface area contributed by atoms with E-state index in [9.17, 15) is 14.2 Å². The Kier molecular flexibility index (Phi) is 36.9. The summed E-state index contributed by atoms with van der Waals surface area (Å²) < 4.78 is 26.3. The van der Waals surface area contributed by atoms with Crippen LogP contribution in [0.25, 0.3) is 0 Å². The van der Waals surface area contributed by atoms with E-state index in [0.29, 0.717) is 12.8 Å². The maximum atomic E-state index is 12.4. The highest BCUT2D eigenvalue weighted by atomic mass is 31.2. The van der Waals surface area contributed by atoms with Crippen molar-refractivity contribution in [3.8, 4) is 0 Å². The predicted octanol–water partition coefficient (Wildman–Crippen LogP) is 12.5. The minimum absolute atomic E-state index is 0.0809. The second kappa shape index (κ2) is 38.9. The van der Waals surface area contributed by atoms with Crippen molar-refractivity contribution in [3.05, 3.63) is 85.1 Å². The fourth-order valence-electron chi connectivity index (χ4n) is 5.16. The van der Waals surface area contributed by atoms with E-state index in [2.05, 4.69) is 91.3 Å². The molecular weight excluding hydrogens is 687 g/mol. The lowest BCUT2D eigenvalue weighted by Crippen LogP contribution is -2.29. The van der Waals surface area contributed by atoms with Crippen LogP contribution in [0, 0.1) is 0 Å². The Bertz CT molecular complexity index is 1130. The van der Waals surface area contributed by atoms with Gasteiger partial charge in [-0.25, -0.2) is 4.57 Å². The zero-order chi connectivity index (χ0) is 38.9. The first-order valence-electron chi connectivity index (χ1n) is 20.4. The van der Waals surface area contributed by atoms with Gasteiger partial charge >= 0.3 is 19.8 Å². The van der Waals surface area contributed by atoms with Gasteiger partial charge in [0.2, 0.25) is 0 Å². The van der Waals surface area contributed by atoms with Crippen molar-refractivity contribution in [1.82, 2.24) is 0 Å². The van der Waals surface area contributed by atoms with Crippen molar-refractivity contribution in [3.63, 3.8) is 0 Å². The highest BCUT2D eigenvalue weighted by Crippen LogP contribution is 2.36. The Labute approximate surface area is 322 Å². The number of rotatable bonds is 36. The first-order chi connectivity index (χ1) is 25.8. The average Bonchev–Trinajstić information content (AvgIpc) is 3.13. The van der Waals surface area contributed by atoms with E-state index in [0.717, 1.165) is 70.6 Å². The normalized spacial score (nSPS) is 13.4. The van der Waals surface area contributed by atoms with Crippen molar-refractivity contribution in [1.29, 1.82) is 0 Å². The van der Waals surface area contributed by atoms with Crippen LogP contribution in [0.4, 0.5) is 0 Å². The minimum Gasteiger partial charge on any atom is -0.462 e. The van der Waals surface area contributed by atoms with Crippen LogP contribution in [-0.4, -0.2) is 41.0 Å². The molecule has 0 aliphatic carbocycles. The highest BCUT2D eigenvalue weighted by molar-refractivity contribution is 7.46. The maximum absolute atomic E-state index is 12.4. The molecule has 0 aromatic carbocycles. The van der Waals surface area contributed by atoms with E-state index < -0.39 is 32.5 Å². The topological polar surface area (TPSA) is 119 Å². The molecule has 0 aliphatic rings. The molecule has 0 spiro atoms. The third kappa shape index (κ3) is 41.8. The molecule has 0 fully saturated rings. The zero-order valence-electron chi connectivity index (χ0n) is 33.1. The molecule has 0 saturated heterocycles. The molecular formula is C44H73O8P. The Hall–Kier alpha value is -2.77. The summed E-state index contributed by atoms with van der Waals surface area (Å²) in [6.45, 7) is 3.49. The molecule has 0 saturated carbocycles. The monoisotopic (exact) mass is 761 g/mol. The van der Waals surface area contributed by atoms with E-state index in [1.807, 2.05) is 12.2 Å². The summed E-state index contributed by atoms with van der Waals surface area (Å²) in [5, 5.41) is 0. The Morgan fingerprint density at radius 1 is 0.509 bits per heavy atom.